The van der Waals surface area contributed by atoms with E-state index in [9.17, 15) is 19.5 Å². The van der Waals surface area contributed by atoms with Crippen molar-refractivity contribution in [1.29, 1.82) is 0 Å². The van der Waals surface area contributed by atoms with Crippen molar-refractivity contribution in [1.82, 2.24) is 14.6 Å². The SMILES string of the molecule is CCCCCCCCCCCCCCCCN(OCC1=C(O)C(OC)[C@H](n2ccc(=O)[nH]c2=O)O1)C(=O)CCCC[C@@H]1CCSS1. The Bertz CT molecular complexity index is 1150. The molecule has 12 heteroatoms. The molecule has 1 aromatic rings. The number of hydrogen-bond donors (Lipinski definition) is 2. The van der Waals surface area contributed by atoms with Crippen LogP contribution in [0.15, 0.2) is 33.4 Å². The van der Waals surface area contributed by atoms with Crippen molar-refractivity contribution < 1.29 is 24.2 Å². The van der Waals surface area contributed by atoms with Gasteiger partial charge in [-0.1, -0.05) is 118 Å². The van der Waals surface area contributed by atoms with E-state index in [0.29, 0.717) is 18.2 Å². The van der Waals surface area contributed by atoms with Crippen molar-refractivity contribution in [3.8, 4) is 0 Å². The highest BCUT2D eigenvalue weighted by Gasteiger charge is 2.39. The number of nitrogens with one attached hydrogen (secondary N) is 1. The van der Waals surface area contributed by atoms with Gasteiger partial charge in [-0.2, -0.15) is 0 Å². The van der Waals surface area contributed by atoms with Crippen molar-refractivity contribution in [2.75, 3.05) is 26.0 Å². The number of nitrogens with zero attached hydrogens (tertiary/aromatic N) is 2. The van der Waals surface area contributed by atoms with Gasteiger partial charge < -0.3 is 14.6 Å². The van der Waals surface area contributed by atoms with Crippen LogP contribution in [0, 0.1) is 0 Å². The molecule has 0 spiro atoms. The Morgan fingerprint density at radius 1 is 1.00 bits per heavy atom. The third-order valence-corrected chi connectivity index (χ3v) is 11.7. The maximum absolute atomic E-state index is 13.2. The Kier molecular flexibility index (Phi) is 19.0. The summed E-state index contributed by atoms with van der Waals surface area (Å²) in [5.41, 5.74) is -1.22. The quantitative estimate of drug-likeness (QED) is 0.0604. The number of hydrogen-bond acceptors (Lipinski definition) is 9. The zero-order chi connectivity index (χ0) is 33.0. The molecule has 10 nitrogen and oxygen atoms in total. The second kappa shape index (κ2) is 22.6. The van der Waals surface area contributed by atoms with Gasteiger partial charge in [-0.05, 0) is 25.7 Å². The van der Waals surface area contributed by atoms with E-state index in [0.717, 1.165) is 43.1 Å². The van der Waals surface area contributed by atoms with Gasteiger partial charge in [0.2, 0.25) is 12.1 Å². The molecule has 3 heterocycles. The molecule has 1 saturated heterocycles. The lowest BCUT2D eigenvalue weighted by Gasteiger charge is -2.23. The van der Waals surface area contributed by atoms with Gasteiger partial charge in [-0.15, -0.1) is 0 Å². The Balaban J connectivity index is 1.43. The van der Waals surface area contributed by atoms with Crippen LogP contribution in [0.4, 0.5) is 0 Å². The van der Waals surface area contributed by atoms with Crippen molar-refractivity contribution in [2.24, 2.45) is 0 Å². The molecule has 0 bridgehead atoms. The van der Waals surface area contributed by atoms with Crippen molar-refractivity contribution >= 4 is 27.5 Å². The standard InChI is InChI=1S/C34H57N3O7S2/c1-3-4-5-6-7-8-9-10-11-12-13-14-15-18-23-37(30(39)20-17-16-19-27-22-25-45-46-27)43-26-28-31(40)32(42-2)33(44-28)36-24-21-29(38)35-34(36)41/h21,24,27,32-33,40H,3-20,22-23,25-26H2,1-2H3,(H,35,38,41)/t27-,32?,33-/m1/s1. The largest absolute Gasteiger partial charge is 0.506 e. The number of aliphatic hydroxyl groups excluding tert-OH is 1. The molecule has 2 N–H and O–H groups in total. The number of ether oxygens (including phenoxy) is 2. The molecular formula is C34H57N3O7S2. The van der Waals surface area contributed by atoms with Crippen LogP contribution in [0.2, 0.25) is 0 Å². The van der Waals surface area contributed by atoms with Crippen LogP contribution in [0.3, 0.4) is 0 Å². The zero-order valence-corrected chi connectivity index (χ0v) is 29.7. The van der Waals surface area contributed by atoms with Crippen LogP contribution in [-0.4, -0.2) is 63.0 Å². The highest BCUT2D eigenvalue weighted by molar-refractivity contribution is 8.77. The summed E-state index contributed by atoms with van der Waals surface area (Å²) in [6.45, 7) is 2.55. The topological polar surface area (TPSA) is 123 Å². The summed E-state index contributed by atoms with van der Waals surface area (Å²) in [7, 11) is 5.29. The summed E-state index contributed by atoms with van der Waals surface area (Å²) in [4.78, 5) is 45.3. The molecule has 0 aromatic carbocycles. The molecule has 1 unspecified atom stereocenters. The average Bonchev–Trinajstić information content (AvgIpc) is 3.68. The van der Waals surface area contributed by atoms with Crippen molar-refractivity contribution in [2.45, 2.75) is 147 Å². The molecule has 1 aromatic heterocycles. The molecule has 1 fully saturated rings. The molecular weight excluding hydrogens is 627 g/mol. The molecule has 46 heavy (non-hydrogen) atoms. The van der Waals surface area contributed by atoms with E-state index in [4.69, 9.17) is 14.3 Å². The Morgan fingerprint density at radius 2 is 1.65 bits per heavy atom. The first-order chi connectivity index (χ1) is 22.4. The van der Waals surface area contributed by atoms with Crippen LogP contribution in [-0.2, 0) is 19.1 Å². The van der Waals surface area contributed by atoms with Crippen molar-refractivity contribution in [3.63, 3.8) is 0 Å². The first-order valence-electron chi connectivity index (χ1n) is 17.6. The summed E-state index contributed by atoms with van der Waals surface area (Å²) >= 11 is 0. The van der Waals surface area contributed by atoms with Crippen LogP contribution in [0.25, 0.3) is 0 Å². The fourth-order valence-electron chi connectivity index (χ4n) is 5.91. The number of carbonyl (C=O) groups excluding carboxylic acids is 1. The van der Waals surface area contributed by atoms with Gasteiger partial charge in [0.15, 0.2) is 17.6 Å². The van der Waals surface area contributed by atoms with E-state index in [1.807, 2.05) is 21.6 Å². The molecule has 2 aliphatic heterocycles. The monoisotopic (exact) mass is 683 g/mol. The number of hydroxylamine groups is 2. The summed E-state index contributed by atoms with van der Waals surface area (Å²) in [5, 5.41) is 12.9. The smallest absolute Gasteiger partial charge is 0.331 e. The van der Waals surface area contributed by atoms with Gasteiger partial charge in [0.25, 0.3) is 5.56 Å². The summed E-state index contributed by atoms with van der Waals surface area (Å²) < 4.78 is 12.4. The summed E-state index contributed by atoms with van der Waals surface area (Å²) in [6, 6.07) is 1.20. The number of aliphatic hydroxyl groups is 1. The molecule has 3 atom stereocenters. The fourth-order valence-corrected chi connectivity index (χ4v) is 8.94. The third-order valence-electron chi connectivity index (χ3n) is 8.69. The number of unbranched alkanes of at least 4 members (excludes halogenated alkanes) is 14. The van der Waals surface area contributed by atoms with Gasteiger partial charge in [0.1, 0.15) is 6.61 Å². The number of carbonyl (C=O) groups is 1. The first kappa shape index (κ1) is 38.6. The maximum Gasteiger partial charge on any atom is 0.331 e. The van der Waals surface area contributed by atoms with Gasteiger partial charge in [0.05, 0.1) is 0 Å². The number of rotatable bonds is 25. The van der Waals surface area contributed by atoms with Gasteiger partial charge in [0, 0.05) is 43.3 Å². The predicted molar refractivity (Wildman–Crippen MR) is 187 cm³/mol. The van der Waals surface area contributed by atoms with Gasteiger partial charge in [-0.25, -0.2) is 9.86 Å². The zero-order valence-electron chi connectivity index (χ0n) is 28.1. The van der Waals surface area contributed by atoms with E-state index in [1.165, 1.54) is 107 Å². The lowest BCUT2D eigenvalue weighted by Crippen LogP contribution is -2.36. The molecule has 0 aliphatic carbocycles. The van der Waals surface area contributed by atoms with Gasteiger partial charge >= 0.3 is 5.69 Å². The number of aromatic nitrogens is 2. The highest BCUT2D eigenvalue weighted by atomic mass is 33.1. The lowest BCUT2D eigenvalue weighted by atomic mass is 10.0. The van der Waals surface area contributed by atoms with E-state index in [2.05, 4.69) is 11.9 Å². The normalized spacial score (nSPS) is 19.6. The predicted octanol–water partition coefficient (Wildman–Crippen LogP) is 7.81. The second-order valence-corrected chi connectivity index (χ2v) is 15.2. The fraction of sp³-hybridized carbons (Fsp3) is 0.794. The summed E-state index contributed by atoms with van der Waals surface area (Å²) in [5.74, 6) is 1.02. The van der Waals surface area contributed by atoms with Crippen LogP contribution in [0.5, 0.6) is 0 Å². The Labute approximate surface area is 282 Å². The van der Waals surface area contributed by atoms with E-state index >= 15 is 0 Å². The lowest BCUT2D eigenvalue weighted by molar-refractivity contribution is -0.187. The number of methoxy groups -OCH3 is 1. The third kappa shape index (κ3) is 13.7. The average molecular weight is 684 g/mol. The minimum Gasteiger partial charge on any atom is -0.506 e. The minimum absolute atomic E-state index is 0.0714. The molecule has 0 radical (unpaired) electrons. The van der Waals surface area contributed by atoms with Crippen LogP contribution in [0.1, 0.15) is 135 Å². The molecule has 3 rings (SSSR count). The number of H-pyrrole nitrogens is 1. The van der Waals surface area contributed by atoms with Crippen LogP contribution < -0.4 is 11.2 Å². The highest BCUT2D eigenvalue weighted by Crippen LogP contribution is 2.40. The molecule has 1 amide bonds. The summed E-state index contributed by atoms with van der Waals surface area (Å²) in [6.07, 6.45) is 21.5. The second-order valence-electron chi connectivity index (χ2n) is 12.4. The Hall–Kier alpha value is -1.89. The number of aromatic amines is 1. The molecule has 2 aliphatic rings. The van der Waals surface area contributed by atoms with E-state index in [1.54, 1.807) is 0 Å². The molecule has 0 saturated carbocycles. The number of amides is 1. The Morgan fingerprint density at radius 3 is 2.24 bits per heavy atom. The van der Waals surface area contributed by atoms with Gasteiger partial charge in [-0.3, -0.25) is 24.0 Å². The minimum atomic E-state index is -1.02. The van der Waals surface area contributed by atoms with Crippen molar-refractivity contribution in [3.05, 3.63) is 44.6 Å². The molecule has 262 valence electrons. The maximum atomic E-state index is 13.2. The van der Waals surface area contributed by atoms with Crippen LogP contribution >= 0.6 is 21.6 Å². The van der Waals surface area contributed by atoms with E-state index in [-0.39, 0.29) is 24.0 Å². The first-order valence-corrected chi connectivity index (χ1v) is 20.0. The van der Waals surface area contributed by atoms with E-state index < -0.39 is 23.6 Å².